The molecule has 2 aromatic carbocycles. The molecular weight excluding hydrogens is 539 g/mol. The number of methoxy groups -OCH3 is 2. The van der Waals surface area contributed by atoms with Crippen molar-refractivity contribution in [2.75, 3.05) is 24.4 Å². The molecule has 9 nitrogen and oxygen atoms in total. The van der Waals surface area contributed by atoms with Crippen LogP contribution in [0.1, 0.15) is 63.0 Å². The number of hydrogen-bond acceptors (Lipinski definition) is 6. The van der Waals surface area contributed by atoms with Gasteiger partial charge in [-0.3, -0.25) is 19.3 Å². The van der Waals surface area contributed by atoms with Crippen molar-refractivity contribution in [1.29, 1.82) is 0 Å². The molecule has 4 rings (SSSR count). The fraction of sp³-hybridized carbons (Fsp3) is 0.375. The molecule has 1 atom stereocenters. The molecule has 0 saturated heterocycles. The quantitative estimate of drug-likeness (QED) is 0.292. The van der Waals surface area contributed by atoms with Crippen LogP contribution in [0.5, 0.6) is 11.5 Å². The molecule has 1 unspecified atom stereocenters. The SMILES string of the molecule is COc1cc(OC)cc(N(C(=O)CCCC(=O)Nc2ccccn2)C(C(=O)NC2CCCCC2)c2ccc(F)cc2)c1. The molecule has 1 aliphatic carbocycles. The summed E-state index contributed by atoms with van der Waals surface area (Å²) in [6.45, 7) is 0. The number of rotatable bonds is 12. The third-order valence-corrected chi connectivity index (χ3v) is 7.25. The smallest absolute Gasteiger partial charge is 0.248 e. The lowest BCUT2D eigenvalue weighted by atomic mass is 9.94. The predicted octanol–water partition coefficient (Wildman–Crippen LogP) is 5.57. The summed E-state index contributed by atoms with van der Waals surface area (Å²) in [5.74, 6) is -0.189. The molecule has 0 spiro atoms. The zero-order chi connectivity index (χ0) is 29.9. The van der Waals surface area contributed by atoms with Crippen molar-refractivity contribution < 1.29 is 28.2 Å². The Morgan fingerprint density at radius 3 is 2.26 bits per heavy atom. The van der Waals surface area contributed by atoms with E-state index >= 15 is 0 Å². The van der Waals surface area contributed by atoms with Crippen LogP contribution in [0.15, 0.2) is 66.9 Å². The maximum absolute atomic E-state index is 14.0. The van der Waals surface area contributed by atoms with Gasteiger partial charge in [0.05, 0.1) is 19.9 Å². The van der Waals surface area contributed by atoms with E-state index in [2.05, 4.69) is 15.6 Å². The minimum atomic E-state index is -1.10. The molecule has 10 heteroatoms. The Balaban J connectivity index is 1.64. The molecule has 1 heterocycles. The van der Waals surface area contributed by atoms with Crippen LogP contribution < -0.4 is 25.0 Å². The minimum absolute atomic E-state index is 0.0127. The first kappa shape index (κ1) is 30.5. The summed E-state index contributed by atoms with van der Waals surface area (Å²) in [7, 11) is 3.00. The van der Waals surface area contributed by atoms with Crippen LogP contribution in [0.25, 0.3) is 0 Å². The summed E-state index contributed by atoms with van der Waals surface area (Å²) in [6.07, 6.45) is 6.72. The highest BCUT2D eigenvalue weighted by atomic mass is 19.1. The van der Waals surface area contributed by atoms with E-state index < -0.39 is 11.9 Å². The van der Waals surface area contributed by atoms with Gasteiger partial charge in [-0.15, -0.1) is 0 Å². The van der Waals surface area contributed by atoms with Crippen LogP contribution in [0.2, 0.25) is 0 Å². The zero-order valence-electron chi connectivity index (χ0n) is 24.0. The monoisotopic (exact) mass is 576 g/mol. The number of benzene rings is 2. The Labute approximate surface area is 245 Å². The number of nitrogens with one attached hydrogen (secondary N) is 2. The van der Waals surface area contributed by atoms with Crippen molar-refractivity contribution in [2.24, 2.45) is 0 Å². The molecule has 0 aliphatic heterocycles. The molecule has 1 fully saturated rings. The van der Waals surface area contributed by atoms with Crippen LogP contribution in [0.3, 0.4) is 0 Å². The highest BCUT2D eigenvalue weighted by Crippen LogP contribution is 2.35. The van der Waals surface area contributed by atoms with Crippen molar-refractivity contribution in [2.45, 2.75) is 63.5 Å². The summed E-state index contributed by atoms with van der Waals surface area (Å²) in [4.78, 5) is 46.0. The van der Waals surface area contributed by atoms with Gasteiger partial charge in [0, 0.05) is 43.3 Å². The molecule has 1 saturated carbocycles. The lowest BCUT2D eigenvalue weighted by Crippen LogP contribution is -2.47. The maximum atomic E-state index is 14.0. The summed E-state index contributed by atoms with van der Waals surface area (Å²) in [6, 6.07) is 14.6. The molecule has 222 valence electrons. The predicted molar refractivity (Wildman–Crippen MR) is 158 cm³/mol. The van der Waals surface area contributed by atoms with Crippen molar-refractivity contribution in [3.63, 3.8) is 0 Å². The summed E-state index contributed by atoms with van der Waals surface area (Å²) < 4.78 is 24.9. The van der Waals surface area contributed by atoms with Crippen LogP contribution in [-0.4, -0.2) is 43.0 Å². The number of nitrogens with zero attached hydrogens (tertiary/aromatic N) is 2. The van der Waals surface area contributed by atoms with Crippen LogP contribution >= 0.6 is 0 Å². The second kappa shape index (κ2) is 15.0. The highest BCUT2D eigenvalue weighted by molar-refractivity contribution is 6.02. The molecular formula is C32H37FN4O5. The van der Waals surface area contributed by atoms with Gasteiger partial charge in [0.15, 0.2) is 0 Å². The fourth-order valence-corrected chi connectivity index (χ4v) is 5.12. The first-order valence-corrected chi connectivity index (χ1v) is 14.2. The van der Waals surface area contributed by atoms with E-state index in [1.165, 1.54) is 43.4 Å². The van der Waals surface area contributed by atoms with Crippen molar-refractivity contribution in [3.8, 4) is 11.5 Å². The van der Waals surface area contributed by atoms with Gasteiger partial charge in [-0.1, -0.05) is 37.5 Å². The van der Waals surface area contributed by atoms with E-state index in [0.29, 0.717) is 28.6 Å². The van der Waals surface area contributed by atoms with Crippen LogP contribution in [0.4, 0.5) is 15.9 Å². The van der Waals surface area contributed by atoms with E-state index in [1.54, 1.807) is 42.6 Å². The number of hydrogen-bond donors (Lipinski definition) is 2. The topological polar surface area (TPSA) is 110 Å². The van der Waals surface area contributed by atoms with Gasteiger partial charge in [0.2, 0.25) is 17.7 Å². The Bertz CT molecular complexity index is 1320. The lowest BCUT2D eigenvalue weighted by molar-refractivity contribution is -0.127. The summed E-state index contributed by atoms with van der Waals surface area (Å²) in [5, 5.41) is 5.85. The zero-order valence-corrected chi connectivity index (χ0v) is 24.0. The summed E-state index contributed by atoms with van der Waals surface area (Å²) >= 11 is 0. The first-order chi connectivity index (χ1) is 20.4. The normalized spacial score (nSPS) is 14.0. The number of halogens is 1. The van der Waals surface area contributed by atoms with Crippen LogP contribution in [-0.2, 0) is 14.4 Å². The number of amides is 3. The molecule has 2 N–H and O–H groups in total. The standard InChI is InChI=1S/C32H37FN4O5/c1-41-26-19-25(20-27(21-26)42-2)37(30(39)13-8-12-29(38)36-28-11-6-7-18-34-28)31(22-14-16-23(33)17-15-22)32(40)35-24-9-4-3-5-10-24/h6-7,11,14-21,24,31H,3-5,8-10,12-13H2,1-2H3,(H,35,40)(H,34,36,38). The molecule has 0 bridgehead atoms. The van der Waals surface area contributed by atoms with Crippen LogP contribution in [0, 0.1) is 5.82 Å². The molecule has 1 aliphatic rings. The number of pyridine rings is 1. The average Bonchev–Trinajstić information content (AvgIpc) is 3.01. The van der Waals surface area contributed by atoms with Gasteiger partial charge < -0.3 is 20.1 Å². The van der Waals surface area contributed by atoms with Gasteiger partial charge >= 0.3 is 0 Å². The van der Waals surface area contributed by atoms with Gasteiger partial charge in [-0.2, -0.15) is 0 Å². The van der Waals surface area contributed by atoms with E-state index in [9.17, 15) is 18.8 Å². The molecule has 3 aromatic rings. The lowest BCUT2D eigenvalue weighted by Gasteiger charge is -2.34. The number of carbonyl (C=O) groups excluding carboxylic acids is 3. The highest BCUT2D eigenvalue weighted by Gasteiger charge is 2.34. The van der Waals surface area contributed by atoms with E-state index in [1.807, 2.05) is 0 Å². The van der Waals surface area contributed by atoms with Crippen molar-refractivity contribution in [3.05, 3.63) is 78.2 Å². The van der Waals surface area contributed by atoms with Crippen molar-refractivity contribution >= 4 is 29.2 Å². The third-order valence-electron chi connectivity index (χ3n) is 7.25. The molecule has 1 aromatic heterocycles. The van der Waals surface area contributed by atoms with Crippen molar-refractivity contribution in [1.82, 2.24) is 10.3 Å². The Kier molecular flexibility index (Phi) is 10.9. The van der Waals surface area contributed by atoms with Gasteiger partial charge in [0.25, 0.3) is 0 Å². The molecule has 42 heavy (non-hydrogen) atoms. The summed E-state index contributed by atoms with van der Waals surface area (Å²) in [5.41, 5.74) is 0.829. The fourth-order valence-electron chi connectivity index (χ4n) is 5.12. The number of aromatic nitrogens is 1. The van der Waals surface area contributed by atoms with Gasteiger partial charge in [-0.05, 0) is 49.1 Å². The number of anilines is 2. The molecule has 3 amide bonds. The van der Waals surface area contributed by atoms with Gasteiger partial charge in [-0.25, -0.2) is 9.37 Å². The third kappa shape index (κ3) is 8.28. The molecule has 0 radical (unpaired) electrons. The Morgan fingerprint density at radius 1 is 0.952 bits per heavy atom. The Morgan fingerprint density at radius 2 is 1.64 bits per heavy atom. The second-order valence-corrected chi connectivity index (χ2v) is 10.2. The van der Waals surface area contributed by atoms with E-state index in [-0.39, 0.29) is 43.0 Å². The number of carbonyl (C=O) groups is 3. The largest absolute Gasteiger partial charge is 0.497 e. The first-order valence-electron chi connectivity index (χ1n) is 14.2. The second-order valence-electron chi connectivity index (χ2n) is 10.2. The number of ether oxygens (including phenoxy) is 2. The van der Waals surface area contributed by atoms with Gasteiger partial charge in [0.1, 0.15) is 29.2 Å². The van der Waals surface area contributed by atoms with E-state index in [0.717, 1.165) is 32.1 Å². The average molecular weight is 577 g/mol. The maximum Gasteiger partial charge on any atom is 0.248 e. The van der Waals surface area contributed by atoms with E-state index in [4.69, 9.17) is 9.47 Å². The minimum Gasteiger partial charge on any atom is -0.497 e. The Hall–Kier alpha value is -4.47.